The van der Waals surface area contributed by atoms with Crippen LogP contribution in [0.2, 0.25) is 0 Å². The molecule has 7 nitrogen and oxygen atoms in total. The number of nitrogens with one attached hydrogen (secondary N) is 1. The molecule has 0 aliphatic carbocycles. The number of carboxylic acid groups (broad SMARTS) is 1. The van der Waals surface area contributed by atoms with Gasteiger partial charge in [-0.1, -0.05) is 13.3 Å². The number of nitrogens with zero attached hydrogens (tertiary/aromatic N) is 1. The summed E-state index contributed by atoms with van der Waals surface area (Å²) >= 11 is 0. The molecule has 108 valence electrons. The Morgan fingerprint density at radius 3 is 2.79 bits per heavy atom. The number of ether oxygens (including phenoxy) is 1. The fourth-order valence-corrected chi connectivity index (χ4v) is 1.93. The lowest BCUT2D eigenvalue weighted by Gasteiger charge is -2.21. The molecular weight excluding hydrogens is 252 g/mol. The Hall–Kier alpha value is -1.79. The summed E-state index contributed by atoms with van der Waals surface area (Å²) in [4.78, 5) is 35.2. The number of carboxylic acids is 1. The molecule has 1 rings (SSSR count). The summed E-state index contributed by atoms with van der Waals surface area (Å²) in [7, 11) is 0. The smallest absolute Gasteiger partial charge is 0.407 e. The summed E-state index contributed by atoms with van der Waals surface area (Å²) in [6.45, 7) is 2.49. The van der Waals surface area contributed by atoms with Gasteiger partial charge in [0.2, 0.25) is 5.91 Å². The van der Waals surface area contributed by atoms with Crippen LogP contribution in [0.5, 0.6) is 0 Å². The Morgan fingerprint density at radius 1 is 1.42 bits per heavy atom. The lowest BCUT2D eigenvalue weighted by molar-refractivity contribution is -0.147. The van der Waals surface area contributed by atoms with Gasteiger partial charge in [-0.05, 0) is 19.3 Å². The van der Waals surface area contributed by atoms with Crippen LogP contribution >= 0.6 is 0 Å². The number of rotatable bonds is 6. The number of hydrogen-bond donors (Lipinski definition) is 2. The number of aliphatic carboxylic acids is 1. The van der Waals surface area contributed by atoms with E-state index in [-0.39, 0.29) is 6.54 Å². The van der Waals surface area contributed by atoms with Gasteiger partial charge >= 0.3 is 12.1 Å². The molecule has 1 aliphatic rings. The first kappa shape index (κ1) is 15.3. The zero-order valence-electron chi connectivity index (χ0n) is 11.1. The van der Waals surface area contributed by atoms with E-state index in [1.807, 2.05) is 6.92 Å². The average Bonchev–Trinajstić information content (AvgIpc) is 2.85. The molecule has 0 aromatic rings. The maximum atomic E-state index is 11.8. The molecule has 0 aromatic carbocycles. The van der Waals surface area contributed by atoms with Crippen LogP contribution in [0.15, 0.2) is 0 Å². The van der Waals surface area contributed by atoms with Gasteiger partial charge < -0.3 is 20.1 Å². The van der Waals surface area contributed by atoms with Gasteiger partial charge in [0.05, 0.1) is 6.61 Å². The first-order chi connectivity index (χ1) is 9.06. The van der Waals surface area contributed by atoms with Gasteiger partial charge in [0.25, 0.3) is 0 Å². The maximum Gasteiger partial charge on any atom is 0.407 e. The van der Waals surface area contributed by atoms with Gasteiger partial charge in [0.15, 0.2) is 0 Å². The van der Waals surface area contributed by atoms with E-state index in [4.69, 9.17) is 9.84 Å². The summed E-state index contributed by atoms with van der Waals surface area (Å²) in [6.07, 6.45) is 2.17. The quantitative estimate of drug-likeness (QED) is 0.690. The third-order valence-electron chi connectivity index (χ3n) is 2.97. The van der Waals surface area contributed by atoms with Gasteiger partial charge in [-0.25, -0.2) is 9.59 Å². The summed E-state index contributed by atoms with van der Waals surface area (Å²) in [5.74, 6) is -1.39. The van der Waals surface area contributed by atoms with Crippen molar-refractivity contribution in [2.24, 2.45) is 0 Å². The molecule has 1 heterocycles. The maximum absolute atomic E-state index is 11.8. The molecule has 1 unspecified atom stereocenters. The van der Waals surface area contributed by atoms with Gasteiger partial charge in [0, 0.05) is 6.54 Å². The molecule has 19 heavy (non-hydrogen) atoms. The molecule has 0 radical (unpaired) electrons. The van der Waals surface area contributed by atoms with Crippen LogP contribution < -0.4 is 5.32 Å². The van der Waals surface area contributed by atoms with E-state index in [1.165, 1.54) is 4.90 Å². The highest BCUT2D eigenvalue weighted by Crippen LogP contribution is 2.17. The van der Waals surface area contributed by atoms with Crippen molar-refractivity contribution in [2.75, 3.05) is 19.7 Å². The van der Waals surface area contributed by atoms with Gasteiger partial charge in [-0.15, -0.1) is 0 Å². The van der Waals surface area contributed by atoms with Gasteiger partial charge in [-0.2, -0.15) is 0 Å². The lowest BCUT2D eigenvalue weighted by Crippen LogP contribution is -2.45. The van der Waals surface area contributed by atoms with E-state index in [1.54, 1.807) is 0 Å². The van der Waals surface area contributed by atoms with Gasteiger partial charge in [-0.3, -0.25) is 4.79 Å². The van der Waals surface area contributed by atoms with E-state index in [2.05, 4.69) is 5.32 Å². The minimum Gasteiger partial charge on any atom is -0.480 e. The second-order valence-corrected chi connectivity index (χ2v) is 4.43. The Morgan fingerprint density at radius 2 is 2.16 bits per heavy atom. The van der Waals surface area contributed by atoms with Crippen LogP contribution in [0.4, 0.5) is 4.79 Å². The van der Waals surface area contributed by atoms with Crippen LogP contribution in [0, 0.1) is 0 Å². The zero-order chi connectivity index (χ0) is 14.3. The fourth-order valence-electron chi connectivity index (χ4n) is 1.93. The molecule has 2 N–H and O–H groups in total. The van der Waals surface area contributed by atoms with Crippen LogP contribution in [0.3, 0.4) is 0 Å². The van der Waals surface area contributed by atoms with Crippen molar-refractivity contribution in [1.29, 1.82) is 0 Å². The van der Waals surface area contributed by atoms with E-state index < -0.39 is 24.0 Å². The van der Waals surface area contributed by atoms with Gasteiger partial charge in [0.1, 0.15) is 12.6 Å². The summed E-state index contributed by atoms with van der Waals surface area (Å²) in [6, 6.07) is -0.773. The molecule has 1 saturated heterocycles. The van der Waals surface area contributed by atoms with E-state index in [9.17, 15) is 14.4 Å². The fraction of sp³-hybridized carbons (Fsp3) is 0.750. The number of carbonyl (C=O) groups excluding carboxylic acids is 2. The number of likely N-dealkylation sites (tertiary alicyclic amines) is 1. The van der Waals surface area contributed by atoms with Crippen LogP contribution in [0.25, 0.3) is 0 Å². The summed E-state index contributed by atoms with van der Waals surface area (Å²) in [5, 5.41) is 11.3. The van der Waals surface area contributed by atoms with Crippen LogP contribution in [0.1, 0.15) is 32.6 Å². The number of hydrogen-bond acceptors (Lipinski definition) is 4. The van der Waals surface area contributed by atoms with E-state index >= 15 is 0 Å². The highest BCUT2D eigenvalue weighted by atomic mass is 16.5. The van der Waals surface area contributed by atoms with Crippen LogP contribution in [-0.4, -0.2) is 53.7 Å². The van der Waals surface area contributed by atoms with Crippen molar-refractivity contribution in [3.63, 3.8) is 0 Å². The third-order valence-corrected chi connectivity index (χ3v) is 2.97. The number of alkyl carbamates (subject to hydrolysis) is 1. The first-order valence-electron chi connectivity index (χ1n) is 6.49. The Bertz CT molecular complexity index is 345. The lowest BCUT2D eigenvalue weighted by atomic mass is 10.2. The second kappa shape index (κ2) is 7.60. The molecule has 7 heteroatoms. The van der Waals surface area contributed by atoms with Crippen molar-refractivity contribution in [1.82, 2.24) is 10.2 Å². The van der Waals surface area contributed by atoms with Crippen molar-refractivity contribution < 1.29 is 24.2 Å². The third kappa shape index (κ3) is 4.76. The first-order valence-corrected chi connectivity index (χ1v) is 6.49. The van der Waals surface area contributed by atoms with Crippen molar-refractivity contribution in [2.45, 2.75) is 38.6 Å². The molecule has 0 aromatic heterocycles. The predicted molar refractivity (Wildman–Crippen MR) is 66.6 cm³/mol. The second-order valence-electron chi connectivity index (χ2n) is 4.43. The van der Waals surface area contributed by atoms with E-state index in [0.717, 1.165) is 12.8 Å². The Kier molecular flexibility index (Phi) is 6.11. The molecule has 0 bridgehead atoms. The Labute approximate surface area is 111 Å². The molecule has 0 spiro atoms. The minimum atomic E-state index is -1.00. The number of carbonyl (C=O) groups is 3. The highest BCUT2D eigenvalue weighted by Gasteiger charge is 2.33. The SMILES string of the molecule is CCCCOC(=O)NCC(=O)N1CCCC1C(=O)O. The molecule has 1 fully saturated rings. The normalized spacial score (nSPS) is 18.2. The van der Waals surface area contributed by atoms with Crippen molar-refractivity contribution in [3.05, 3.63) is 0 Å². The molecular formula is C12H20N2O5. The standard InChI is InChI=1S/C12H20N2O5/c1-2-3-7-19-12(18)13-8-10(15)14-6-4-5-9(14)11(16)17/h9H,2-8H2,1H3,(H,13,18)(H,16,17). The zero-order valence-corrected chi connectivity index (χ0v) is 11.1. The van der Waals surface area contributed by atoms with Crippen LogP contribution in [-0.2, 0) is 14.3 Å². The summed E-state index contributed by atoms with van der Waals surface area (Å²) in [5.41, 5.74) is 0. The average molecular weight is 272 g/mol. The van der Waals surface area contributed by atoms with E-state index in [0.29, 0.717) is 26.0 Å². The van der Waals surface area contributed by atoms with Crippen molar-refractivity contribution in [3.8, 4) is 0 Å². The highest BCUT2D eigenvalue weighted by molar-refractivity contribution is 5.87. The molecule has 0 saturated carbocycles. The topological polar surface area (TPSA) is 95.9 Å². The number of amides is 2. The monoisotopic (exact) mass is 272 g/mol. The minimum absolute atomic E-state index is 0.227. The number of unbranched alkanes of at least 4 members (excludes halogenated alkanes) is 1. The molecule has 1 aliphatic heterocycles. The largest absolute Gasteiger partial charge is 0.480 e. The molecule has 2 amide bonds. The predicted octanol–water partition coefficient (Wildman–Crippen LogP) is 0.588. The van der Waals surface area contributed by atoms with Crippen molar-refractivity contribution >= 4 is 18.0 Å². The Balaban J connectivity index is 2.30. The molecule has 1 atom stereocenters. The summed E-state index contributed by atoms with van der Waals surface area (Å²) < 4.78 is 4.83.